The van der Waals surface area contributed by atoms with Crippen LogP contribution in [-0.2, 0) is 11.3 Å². The topological polar surface area (TPSA) is 68.0 Å². The highest BCUT2D eigenvalue weighted by molar-refractivity contribution is 6.30. The second-order valence-corrected chi connectivity index (χ2v) is 8.96. The summed E-state index contributed by atoms with van der Waals surface area (Å²) in [6.07, 6.45) is 0. The number of carbonyl (C=O) groups is 1. The van der Waals surface area contributed by atoms with Gasteiger partial charge < -0.3 is 5.32 Å². The normalized spacial score (nSPS) is 16.6. The van der Waals surface area contributed by atoms with E-state index in [1.165, 1.54) is 0 Å². The number of benzene rings is 2. The number of halogens is 1. The van der Waals surface area contributed by atoms with Crippen molar-refractivity contribution in [1.29, 1.82) is 0 Å². The number of piperazine rings is 1. The lowest BCUT2D eigenvalue weighted by molar-refractivity contribution is -0.129. The molecule has 1 amide bonds. The van der Waals surface area contributed by atoms with Gasteiger partial charge in [-0.2, -0.15) is 10.2 Å². The smallest absolute Gasteiger partial charge is 0.242 e. The van der Waals surface area contributed by atoms with E-state index in [1.807, 2.05) is 86.1 Å². The molecule has 1 aliphatic heterocycles. The Balaban J connectivity index is 1.52. The molecule has 1 saturated heterocycles. The molecule has 174 valence electrons. The number of aromatic nitrogens is 4. The Morgan fingerprint density at radius 2 is 1.50 bits per heavy atom. The highest BCUT2D eigenvalue weighted by Gasteiger charge is 2.36. The van der Waals surface area contributed by atoms with Crippen molar-refractivity contribution in [3.8, 4) is 11.4 Å². The minimum absolute atomic E-state index is 0.0192. The fraction of sp³-hybridized carbons (Fsp3) is 0.269. The third-order valence-corrected chi connectivity index (χ3v) is 6.81. The van der Waals surface area contributed by atoms with Gasteiger partial charge >= 0.3 is 0 Å². The van der Waals surface area contributed by atoms with Crippen molar-refractivity contribution in [3.05, 3.63) is 94.0 Å². The Morgan fingerprint density at radius 1 is 0.912 bits per heavy atom. The Hall–Kier alpha value is -3.42. The zero-order valence-electron chi connectivity index (χ0n) is 19.5. The van der Waals surface area contributed by atoms with Gasteiger partial charge in [-0.05, 0) is 45.0 Å². The molecule has 3 heterocycles. The first-order chi connectivity index (χ1) is 16.5. The van der Waals surface area contributed by atoms with Gasteiger partial charge in [-0.3, -0.25) is 9.69 Å². The SMILES string of the molecule is Cc1nn(-c2ccccc2)c(Cl)c1CN1CCNC(=O)C1c1c(C)nn(-c2ccccc2)c1C. The van der Waals surface area contributed by atoms with Crippen molar-refractivity contribution in [2.24, 2.45) is 0 Å². The van der Waals surface area contributed by atoms with Crippen LogP contribution in [0.15, 0.2) is 60.7 Å². The largest absolute Gasteiger partial charge is 0.353 e. The van der Waals surface area contributed by atoms with Gasteiger partial charge in [0.2, 0.25) is 5.91 Å². The minimum Gasteiger partial charge on any atom is -0.353 e. The molecule has 0 spiro atoms. The third-order valence-electron chi connectivity index (χ3n) is 6.42. The van der Waals surface area contributed by atoms with Crippen LogP contribution >= 0.6 is 11.6 Å². The van der Waals surface area contributed by atoms with Crippen molar-refractivity contribution in [2.45, 2.75) is 33.4 Å². The monoisotopic (exact) mass is 474 g/mol. The number of nitrogens with one attached hydrogen (secondary N) is 1. The molecule has 1 unspecified atom stereocenters. The number of amides is 1. The molecule has 1 N–H and O–H groups in total. The lowest BCUT2D eigenvalue weighted by atomic mass is 9.99. The van der Waals surface area contributed by atoms with E-state index in [1.54, 1.807) is 4.68 Å². The summed E-state index contributed by atoms with van der Waals surface area (Å²) in [5, 5.41) is 13.1. The summed E-state index contributed by atoms with van der Waals surface area (Å²) >= 11 is 6.82. The summed E-state index contributed by atoms with van der Waals surface area (Å²) in [4.78, 5) is 15.4. The van der Waals surface area contributed by atoms with Crippen LogP contribution in [0.5, 0.6) is 0 Å². The van der Waals surface area contributed by atoms with Crippen molar-refractivity contribution in [2.75, 3.05) is 13.1 Å². The number of nitrogens with zero attached hydrogens (tertiary/aromatic N) is 5. The van der Waals surface area contributed by atoms with E-state index < -0.39 is 6.04 Å². The summed E-state index contributed by atoms with van der Waals surface area (Å²) < 4.78 is 3.67. The predicted molar refractivity (Wildman–Crippen MR) is 133 cm³/mol. The lowest BCUT2D eigenvalue weighted by Gasteiger charge is -2.35. The fourth-order valence-corrected chi connectivity index (χ4v) is 5.06. The number of rotatable bonds is 5. The van der Waals surface area contributed by atoms with Gasteiger partial charge in [0.1, 0.15) is 11.2 Å². The molecule has 0 aliphatic carbocycles. The second kappa shape index (κ2) is 9.08. The van der Waals surface area contributed by atoms with Gasteiger partial charge in [0.05, 0.1) is 22.8 Å². The maximum Gasteiger partial charge on any atom is 0.242 e. The maximum absolute atomic E-state index is 13.2. The number of hydrogen-bond acceptors (Lipinski definition) is 4. The van der Waals surface area contributed by atoms with Crippen LogP contribution in [0, 0.1) is 20.8 Å². The van der Waals surface area contributed by atoms with Crippen LogP contribution in [0.4, 0.5) is 0 Å². The van der Waals surface area contributed by atoms with Crippen LogP contribution < -0.4 is 5.32 Å². The Morgan fingerprint density at radius 3 is 2.15 bits per heavy atom. The first-order valence-corrected chi connectivity index (χ1v) is 11.8. The van der Waals surface area contributed by atoms with Crippen LogP contribution in [0.2, 0.25) is 5.15 Å². The van der Waals surface area contributed by atoms with Crippen molar-refractivity contribution in [1.82, 2.24) is 29.8 Å². The molecule has 1 atom stereocenters. The van der Waals surface area contributed by atoms with Crippen molar-refractivity contribution < 1.29 is 4.79 Å². The first-order valence-electron chi connectivity index (χ1n) is 11.4. The van der Waals surface area contributed by atoms with Crippen molar-refractivity contribution in [3.63, 3.8) is 0 Å². The third kappa shape index (κ3) is 3.91. The molecule has 1 fully saturated rings. The molecule has 0 saturated carbocycles. The minimum atomic E-state index is -0.457. The molecule has 0 radical (unpaired) electrons. The second-order valence-electron chi connectivity index (χ2n) is 8.60. The highest BCUT2D eigenvalue weighted by atomic mass is 35.5. The Labute approximate surface area is 204 Å². The number of carbonyl (C=O) groups excluding carboxylic acids is 1. The van der Waals surface area contributed by atoms with Crippen LogP contribution in [0.1, 0.15) is 34.3 Å². The number of aryl methyl sites for hydroxylation is 2. The van der Waals surface area contributed by atoms with Gasteiger partial charge in [0.25, 0.3) is 0 Å². The molecule has 1 aliphatic rings. The van der Waals surface area contributed by atoms with E-state index in [2.05, 4.69) is 15.3 Å². The average Bonchev–Trinajstić information content (AvgIpc) is 3.30. The predicted octanol–water partition coefficient (Wildman–Crippen LogP) is 4.31. The molecule has 2 aromatic carbocycles. The molecule has 2 aromatic heterocycles. The zero-order chi connectivity index (χ0) is 23.8. The molecule has 0 bridgehead atoms. The van der Waals surface area contributed by atoms with E-state index in [9.17, 15) is 4.79 Å². The van der Waals surface area contributed by atoms with Gasteiger partial charge in [-0.15, -0.1) is 0 Å². The molecule has 34 heavy (non-hydrogen) atoms. The van der Waals surface area contributed by atoms with Crippen LogP contribution in [0.25, 0.3) is 11.4 Å². The zero-order valence-corrected chi connectivity index (χ0v) is 20.3. The standard InChI is InChI=1S/C26H27ClN6O/c1-17-22(25(27)33(29-17)21-12-8-5-9-13-21)16-31-15-14-28-26(34)24(31)23-18(2)30-32(19(23)3)20-10-6-4-7-11-20/h4-13,24H,14-16H2,1-3H3,(H,28,34). The maximum atomic E-state index is 13.2. The summed E-state index contributed by atoms with van der Waals surface area (Å²) in [7, 11) is 0. The summed E-state index contributed by atoms with van der Waals surface area (Å²) in [5.74, 6) is -0.0192. The van der Waals surface area contributed by atoms with Gasteiger partial charge in [-0.25, -0.2) is 9.36 Å². The van der Waals surface area contributed by atoms with E-state index in [-0.39, 0.29) is 5.91 Å². The van der Waals surface area contributed by atoms with Gasteiger partial charge in [0, 0.05) is 36.5 Å². The molecule has 4 aromatic rings. The van der Waals surface area contributed by atoms with E-state index in [4.69, 9.17) is 16.7 Å². The van der Waals surface area contributed by atoms with Crippen molar-refractivity contribution >= 4 is 17.5 Å². The van der Waals surface area contributed by atoms with E-state index in [0.717, 1.165) is 39.6 Å². The lowest BCUT2D eigenvalue weighted by Crippen LogP contribution is -2.49. The molecular weight excluding hydrogens is 448 g/mol. The molecule has 8 heteroatoms. The molecule has 5 rings (SSSR count). The summed E-state index contributed by atoms with van der Waals surface area (Å²) in [6, 6.07) is 19.4. The first kappa shape index (κ1) is 22.4. The fourth-order valence-electron chi connectivity index (χ4n) is 4.72. The number of para-hydroxylation sites is 2. The van der Waals surface area contributed by atoms with Crippen LogP contribution in [0.3, 0.4) is 0 Å². The van der Waals surface area contributed by atoms with E-state index >= 15 is 0 Å². The van der Waals surface area contributed by atoms with Crippen LogP contribution in [-0.4, -0.2) is 43.5 Å². The molecular formula is C26H27ClN6O. The highest BCUT2D eigenvalue weighted by Crippen LogP contribution is 2.33. The van der Waals surface area contributed by atoms with E-state index in [0.29, 0.717) is 24.8 Å². The summed E-state index contributed by atoms with van der Waals surface area (Å²) in [6.45, 7) is 7.76. The Bertz CT molecular complexity index is 1330. The molecule has 7 nitrogen and oxygen atoms in total. The number of hydrogen-bond donors (Lipinski definition) is 1. The quantitative estimate of drug-likeness (QED) is 0.468. The summed E-state index contributed by atoms with van der Waals surface area (Å²) in [5.41, 5.74) is 6.40. The Kier molecular flexibility index (Phi) is 5.98. The van der Waals surface area contributed by atoms with Gasteiger partial charge in [0.15, 0.2) is 0 Å². The van der Waals surface area contributed by atoms with Gasteiger partial charge in [-0.1, -0.05) is 48.0 Å². The average molecular weight is 475 g/mol.